The predicted octanol–water partition coefficient (Wildman–Crippen LogP) is 3.39. The van der Waals surface area contributed by atoms with Gasteiger partial charge in [-0.15, -0.1) is 0 Å². The number of hydrogen-bond acceptors (Lipinski definition) is 3. The number of methoxy groups -OCH3 is 1. The van der Waals surface area contributed by atoms with Crippen LogP contribution in [0.5, 0.6) is 11.5 Å². The van der Waals surface area contributed by atoms with Gasteiger partial charge < -0.3 is 14.2 Å². The summed E-state index contributed by atoms with van der Waals surface area (Å²) in [5, 5.41) is 0.739. The minimum absolute atomic E-state index is 0.000550. The van der Waals surface area contributed by atoms with Crippen molar-refractivity contribution in [1.82, 2.24) is 0 Å². The molecule has 0 aromatic heterocycles. The maximum Gasteiger partial charge on any atom is 0.165 e. The monoisotopic (exact) mass is 302 g/mol. The van der Waals surface area contributed by atoms with Gasteiger partial charge in [0.2, 0.25) is 0 Å². The summed E-state index contributed by atoms with van der Waals surface area (Å²) in [5.74, 6) is 1.59. The molecule has 0 amide bonds. The Kier molecular flexibility index (Phi) is 6.37. The van der Waals surface area contributed by atoms with Crippen molar-refractivity contribution in [3.63, 3.8) is 0 Å². The van der Waals surface area contributed by atoms with Crippen LogP contribution in [0, 0.1) is 0 Å². The average molecular weight is 303 g/mol. The largest absolute Gasteiger partial charge is 0.490 e. The van der Waals surface area contributed by atoms with E-state index in [9.17, 15) is 0 Å². The van der Waals surface area contributed by atoms with E-state index in [2.05, 4.69) is 15.9 Å². The van der Waals surface area contributed by atoms with Crippen LogP contribution in [-0.4, -0.2) is 26.4 Å². The van der Waals surface area contributed by atoms with Gasteiger partial charge in [0, 0.05) is 18.0 Å². The molecular formula is C13H19BrO3. The second-order valence-electron chi connectivity index (χ2n) is 3.69. The molecular weight excluding hydrogens is 284 g/mol. The van der Waals surface area contributed by atoms with Crippen LogP contribution in [0.25, 0.3) is 0 Å². The molecule has 1 rings (SSSR count). The summed E-state index contributed by atoms with van der Waals surface area (Å²) >= 11 is 3.46. The molecule has 1 aromatic carbocycles. The molecule has 0 spiro atoms. The van der Waals surface area contributed by atoms with Crippen LogP contribution in [0.15, 0.2) is 18.2 Å². The van der Waals surface area contributed by atoms with Gasteiger partial charge in [0.15, 0.2) is 11.5 Å². The number of para-hydroxylation sites is 1. The molecule has 1 atom stereocenters. The Balaban J connectivity index is 2.91. The fourth-order valence-corrected chi connectivity index (χ4v) is 1.98. The lowest BCUT2D eigenvalue weighted by atomic mass is 10.2. The van der Waals surface area contributed by atoms with Crippen molar-refractivity contribution < 1.29 is 14.2 Å². The van der Waals surface area contributed by atoms with Crippen LogP contribution in [0.1, 0.15) is 19.4 Å². The van der Waals surface area contributed by atoms with Crippen LogP contribution >= 0.6 is 15.9 Å². The van der Waals surface area contributed by atoms with Gasteiger partial charge in [-0.25, -0.2) is 0 Å². The number of rotatable bonds is 7. The van der Waals surface area contributed by atoms with Crippen molar-refractivity contribution in [3.8, 4) is 11.5 Å². The Morgan fingerprint density at radius 1 is 1.35 bits per heavy atom. The molecule has 4 heteroatoms. The molecule has 1 aromatic rings. The van der Waals surface area contributed by atoms with Crippen molar-refractivity contribution in [2.24, 2.45) is 0 Å². The standard InChI is InChI=1S/C13H19BrO3/c1-4-16-12-7-5-6-11(8-14)13(12)17-10(2)9-15-3/h5-7,10H,4,8-9H2,1-3H3. The first kappa shape index (κ1) is 14.3. The minimum atomic E-state index is -0.000550. The van der Waals surface area contributed by atoms with E-state index in [0.29, 0.717) is 13.2 Å². The first-order valence-electron chi connectivity index (χ1n) is 5.69. The molecule has 0 heterocycles. The number of ether oxygens (including phenoxy) is 3. The quantitative estimate of drug-likeness (QED) is 0.723. The lowest BCUT2D eigenvalue weighted by Crippen LogP contribution is -2.19. The highest BCUT2D eigenvalue weighted by molar-refractivity contribution is 9.08. The Hall–Kier alpha value is -0.740. The third-order valence-electron chi connectivity index (χ3n) is 2.22. The highest BCUT2D eigenvalue weighted by atomic mass is 79.9. The Morgan fingerprint density at radius 3 is 2.71 bits per heavy atom. The summed E-state index contributed by atoms with van der Waals surface area (Å²) in [6.45, 7) is 5.12. The van der Waals surface area contributed by atoms with Gasteiger partial charge in [0.05, 0.1) is 13.2 Å². The Bertz CT molecular complexity index is 341. The zero-order valence-electron chi connectivity index (χ0n) is 10.5. The van der Waals surface area contributed by atoms with Gasteiger partial charge in [-0.05, 0) is 19.9 Å². The summed E-state index contributed by atoms with van der Waals surface area (Å²) < 4.78 is 16.5. The predicted molar refractivity (Wildman–Crippen MR) is 72.2 cm³/mol. The molecule has 0 aliphatic carbocycles. The molecule has 0 fully saturated rings. The van der Waals surface area contributed by atoms with E-state index in [1.165, 1.54) is 0 Å². The number of alkyl halides is 1. The smallest absolute Gasteiger partial charge is 0.165 e. The van der Waals surface area contributed by atoms with Gasteiger partial charge in [-0.2, -0.15) is 0 Å². The molecule has 0 saturated carbocycles. The van der Waals surface area contributed by atoms with Gasteiger partial charge in [-0.1, -0.05) is 28.1 Å². The number of halogens is 1. The summed E-state index contributed by atoms with van der Waals surface area (Å²) in [6.07, 6.45) is -0.000550. The van der Waals surface area contributed by atoms with Crippen LogP contribution in [0.3, 0.4) is 0 Å². The third kappa shape index (κ3) is 4.21. The molecule has 1 unspecified atom stereocenters. The maximum absolute atomic E-state index is 5.88. The van der Waals surface area contributed by atoms with Gasteiger partial charge in [0.25, 0.3) is 0 Å². The first-order chi connectivity index (χ1) is 8.22. The third-order valence-corrected chi connectivity index (χ3v) is 2.83. The zero-order chi connectivity index (χ0) is 12.7. The zero-order valence-corrected chi connectivity index (χ0v) is 12.1. The molecule has 3 nitrogen and oxygen atoms in total. The molecule has 0 N–H and O–H groups in total. The lowest BCUT2D eigenvalue weighted by molar-refractivity contribution is 0.0889. The van der Waals surface area contributed by atoms with Crippen molar-refractivity contribution in [2.75, 3.05) is 20.3 Å². The highest BCUT2D eigenvalue weighted by Gasteiger charge is 2.13. The van der Waals surface area contributed by atoms with Crippen LogP contribution < -0.4 is 9.47 Å². The van der Waals surface area contributed by atoms with Crippen molar-refractivity contribution in [2.45, 2.75) is 25.3 Å². The van der Waals surface area contributed by atoms with Gasteiger partial charge in [-0.3, -0.25) is 0 Å². The first-order valence-corrected chi connectivity index (χ1v) is 6.81. The lowest BCUT2D eigenvalue weighted by Gasteiger charge is -2.19. The number of benzene rings is 1. The maximum atomic E-state index is 5.88. The molecule has 0 saturated heterocycles. The van der Waals surface area contributed by atoms with E-state index in [1.807, 2.05) is 32.0 Å². The fraction of sp³-hybridized carbons (Fsp3) is 0.538. The van der Waals surface area contributed by atoms with Crippen molar-refractivity contribution in [1.29, 1.82) is 0 Å². The van der Waals surface area contributed by atoms with E-state index in [1.54, 1.807) is 7.11 Å². The summed E-state index contributed by atoms with van der Waals surface area (Å²) in [5.41, 5.74) is 1.08. The summed E-state index contributed by atoms with van der Waals surface area (Å²) in [7, 11) is 1.67. The average Bonchev–Trinajstić information content (AvgIpc) is 2.32. The van der Waals surface area contributed by atoms with Crippen LogP contribution in [0.4, 0.5) is 0 Å². The van der Waals surface area contributed by atoms with E-state index >= 15 is 0 Å². The summed E-state index contributed by atoms with van der Waals surface area (Å²) in [6, 6.07) is 5.91. The van der Waals surface area contributed by atoms with E-state index in [-0.39, 0.29) is 6.10 Å². The Morgan fingerprint density at radius 2 is 2.12 bits per heavy atom. The second kappa shape index (κ2) is 7.56. The molecule has 0 aliphatic heterocycles. The van der Waals surface area contributed by atoms with E-state index in [4.69, 9.17) is 14.2 Å². The summed E-state index contributed by atoms with van der Waals surface area (Å²) in [4.78, 5) is 0. The molecule has 0 aliphatic rings. The van der Waals surface area contributed by atoms with Gasteiger partial charge in [0.1, 0.15) is 6.10 Å². The topological polar surface area (TPSA) is 27.7 Å². The molecule has 17 heavy (non-hydrogen) atoms. The molecule has 0 radical (unpaired) electrons. The van der Waals surface area contributed by atoms with E-state index in [0.717, 1.165) is 22.4 Å². The number of hydrogen-bond donors (Lipinski definition) is 0. The van der Waals surface area contributed by atoms with Crippen LogP contribution in [0.2, 0.25) is 0 Å². The fourth-order valence-electron chi connectivity index (χ4n) is 1.54. The van der Waals surface area contributed by atoms with Crippen molar-refractivity contribution in [3.05, 3.63) is 23.8 Å². The van der Waals surface area contributed by atoms with Crippen LogP contribution in [-0.2, 0) is 10.1 Å². The van der Waals surface area contributed by atoms with Gasteiger partial charge >= 0.3 is 0 Å². The second-order valence-corrected chi connectivity index (χ2v) is 4.26. The minimum Gasteiger partial charge on any atom is -0.490 e. The Labute approximate surface area is 111 Å². The normalized spacial score (nSPS) is 12.2. The van der Waals surface area contributed by atoms with E-state index < -0.39 is 0 Å². The molecule has 96 valence electrons. The van der Waals surface area contributed by atoms with Crippen molar-refractivity contribution >= 4 is 15.9 Å². The SMILES string of the molecule is CCOc1cccc(CBr)c1OC(C)COC. The molecule has 0 bridgehead atoms. The highest BCUT2D eigenvalue weighted by Crippen LogP contribution is 2.33.